The van der Waals surface area contributed by atoms with Gasteiger partial charge in [0.15, 0.2) is 33.3 Å². The number of rotatable bonds is 14. The molecule has 0 spiro atoms. The molecule has 0 aliphatic carbocycles. The lowest BCUT2D eigenvalue weighted by molar-refractivity contribution is -0.137. The molecule has 4 fully saturated rings. The number of amidine groups is 2. The summed E-state index contributed by atoms with van der Waals surface area (Å²) < 4.78 is 67.5. The van der Waals surface area contributed by atoms with Gasteiger partial charge in [0.25, 0.3) is 0 Å². The monoisotopic (exact) mass is 1320 g/mol. The molecule has 4 aromatic carbocycles. The zero-order valence-corrected chi connectivity index (χ0v) is 50.5. The van der Waals surface area contributed by atoms with Gasteiger partial charge in [0, 0.05) is 121 Å². The van der Waals surface area contributed by atoms with Crippen molar-refractivity contribution in [2.75, 3.05) is 89.5 Å². The van der Waals surface area contributed by atoms with Crippen LogP contribution in [0.5, 0.6) is 0 Å². The van der Waals surface area contributed by atoms with Crippen LogP contribution in [0, 0.1) is 23.3 Å². The summed E-state index contributed by atoms with van der Waals surface area (Å²) in [6, 6.07) is 10.9. The molecule has 0 unspecified atom stereocenters. The average molecular weight is 1320 g/mol. The third-order valence-electron chi connectivity index (χ3n) is 15.6. The Labute approximate surface area is 526 Å². The third-order valence-corrected chi connectivity index (χ3v) is 18.1. The van der Waals surface area contributed by atoms with Crippen LogP contribution in [-0.4, -0.2) is 179 Å². The van der Waals surface area contributed by atoms with Gasteiger partial charge in [-0.15, -0.1) is 22.7 Å². The lowest BCUT2D eigenvalue weighted by Gasteiger charge is -2.38. The average Bonchev–Trinajstić information content (AvgIpc) is 2.11. The van der Waals surface area contributed by atoms with Crippen LogP contribution in [0.15, 0.2) is 122 Å². The van der Waals surface area contributed by atoms with E-state index in [9.17, 15) is 51.4 Å². The summed E-state index contributed by atoms with van der Waals surface area (Å²) in [5.41, 5.74) is 1.49. The molecule has 6 aliphatic heterocycles. The summed E-state index contributed by atoms with van der Waals surface area (Å²) in [6.45, 7) is 3.18. The minimum absolute atomic E-state index is 0.0219. The first-order valence-corrected chi connectivity index (χ1v) is 30.0. The zero-order chi connectivity index (χ0) is 63.1. The maximum atomic E-state index is 14.9. The van der Waals surface area contributed by atoms with E-state index in [0.29, 0.717) is 89.2 Å². The Bertz CT molecular complexity index is 3990. The molecule has 4 amide bonds. The van der Waals surface area contributed by atoms with E-state index in [2.05, 4.69) is 25.5 Å². The molecule has 31 heteroatoms. The Hall–Kier alpha value is -8.51. The Balaban J connectivity index is 0.000000184. The molecule has 4 atom stereocenters. The molecule has 8 heterocycles. The first-order chi connectivity index (χ1) is 42.7. The number of esters is 2. The summed E-state index contributed by atoms with van der Waals surface area (Å²) in [7, 11) is 2.51. The lowest BCUT2D eigenvalue weighted by Crippen LogP contribution is -2.53. The largest absolute Gasteiger partial charge is 0.478 e. The Morgan fingerprint density at radius 2 is 1.07 bits per heavy atom. The number of halogens is 7. The fourth-order valence-corrected chi connectivity index (χ4v) is 13.4. The molecule has 6 aliphatic rings. The summed E-state index contributed by atoms with van der Waals surface area (Å²) in [6.07, 6.45) is 3.25. The predicted molar refractivity (Wildman–Crippen MR) is 321 cm³/mol. The molecule has 4 saturated heterocycles. The van der Waals surface area contributed by atoms with Crippen molar-refractivity contribution >= 4 is 116 Å². The molecule has 2 aromatic heterocycles. The number of methoxy groups -OCH3 is 2. The van der Waals surface area contributed by atoms with Gasteiger partial charge in [-0.05, 0) is 54.6 Å². The van der Waals surface area contributed by atoms with Crippen LogP contribution in [0.25, 0.3) is 0 Å². The molecular formula is C58H49Cl3F4N12O10S2. The summed E-state index contributed by atoms with van der Waals surface area (Å²) >= 11 is 22.0. The van der Waals surface area contributed by atoms with E-state index in [-0.39, 0.29) is 75.7 Å². The Morgan fingerprint density at radius 3 is 1.48 bits per heavy atom. The smallest absolute Gasteiger partial charge is 0.338 e. The molecule has 6 aromatic rings. The second-order valence-electron chi connectivity index (χ2n) is 20.8. The van der Waals surface area contributed by atoms with E-state index in [1.807, 2.05) is 10.3 Å². The van der Waals surface area contributed by atoms with Crippen molar-refractivity contribution in [3.05, 3.63) is 183 Å². The van der Waals surface area contributed by atoms with Crippen molar-refractivity contribution in [1.82, 2.24) is 40.2 Å². The number of hydrogen-bond acceptors (Lipinski definition) is 18. The summed E-state index contributed by atoms with van der Waals surface area (Å²) in [5, 5.41) is 30.0. The maximum Gasteiger partial charge on any atom is 0.338 e. The van der Waals surface area contributed by atoms with Crippen molar-refractivity contribution in [3.8, 4) is 0 Å². The number of ether oxygens (including phenoxy) is 2. The van der Waals surface area contributed by atoms with Crippen LogP contribution in [0.3, 0.4) is 0 Å². The van der Waals surface area contributed by atoms with E-state index in [1.54, 1.807) is 38.5 Å². The van der Waals surface area contributed by atoms with Gasteiger partial charge in [-0.1, -0.05) is 46.9 Å². The second kappa shape index (κ2) is 25.9. The van der Waals surface area contributed by atoms with Crippen LogP contribution in [-0.2, 0) is 19.1 Å². The normalized spacial score (nSPS) is 20.3. The molecule has 462 valence electrons. The van der Waals surface area contributed by atoms with E-state index >= 15 is 0 Å². The summed E-state index contributed by atoms with van der Waals surface area (Å²) in [4.78, 5) is 104. The number of anilines is 2. The number of nitrogens with zero attached hydrogens (tertiary/aromatic N) is 10. The number of fused-ring (bicyclic) bond motifs is 2. The number of carbonyl (C=O) groups excluding carboxylic acids is 4. The molecule has 0 radical (unpaired) electrons. The van der Waals surface area contributed by atoms with Crippen molar-refractivity contribution in [3.63, 3.8) is 0 Å². The number of aromatic carboxylic acids is 2. The van der Waals surface area contributed by atoms with Crippen molar-refractivity contribution in [1.29, 1.82) is 0 Å². The zero-order valence-electron chi connectivity index (χ0n) is 46.6. The number of carboxylic acid groups (broad SMARTS) is 2. The lowest BCUT2D eigenvalue weighted by atomic mass is 9.95. The van der Waals surface area contributed by atoms with Crippen molar-refractivity contribution in [2.24, 2.45) is 9.98 Å². The minimum Gasteiger partial charge on any atom is -0.478 e. The van der Waals surface area contributed by atoms with Crippen molar-refractivity contribution in [2.45, 2.75) is 24.2 Å². The number of amides is 4. The minimum atomic E-state index is -1.62. The Kier molecular flexibility index (Phi) is 18.1. The number of piperazine rings is 2. The van der Waals surface area contributed by atoms with E-state index in [0.717, 1.165) is 23.1 Å². The molecule has 22 nitrogen and oxygen atoms in total. The number of aliphatic imine (C=N–C) groups is 2. The number of carboxylic acids is 2. The number of benzene rings is 4. The number of hydrogen-bond donors (Lipinski definition) is 4. The number of aromatic nitrogens is 2. The quantitative estimate of drug-likeness (QED) is 0.0589. The SMILES string of the molecule is COC(=O)C1=C(CN2CCN3C(=O)N(c4ccc(C(=O)O)c(F)c4F)C[C@@H]3C2)NC(c2nccs2)=N[C@H]1c1ccc(F)cc1Cl.COC(=O)C1=C(CN2CCN3C(=O)N(c4ccc(C(=O)O)cc4Cl)C[C@@H]3C2)NC(c2nccs2)=N[C@H]1c1ccc(F)cc1Cl. The molecule has 0 bridgehead atoms. The first kappa shape index (κ1) is 62.1. The number of carbonyl (C=O) groups is 6. The number of nitrogens with one attached hydrogen (secondary N) is 2. The topological polar surface area (TPSA) is 255 Å². The number of urea groups is 2. The van der Waals surface area contributed by atoms with E-state index in [4.69, 9.17) is 59.4 Å². The van der Waals surface area contributed by atoms with Gasteiger partial charge in [-0.2, -0.15) is 0 Å². The van der Waals surface area contributed by atoms with Gasteiger partial charge in [0.1, 0.15) is 23.7 Å². The van der Waals surface area contributed by atoms with Crippen LogP contribution in [0.2, 0.25) is 15.1 Å². The third kappa shape index (κ3) is 12.5. The van der Waals surface area contributed by atoms with Gasteiger partial charge in [-0.3, -0.25) is 29.6 Å². The second-order valence-corrected chi connectivity index (χ2v) is 23.8. The van der Waals surface area contributed by atoms with Gasteiger partial charge < -0.3 is 40.1 Å². The van der Waals surface area contributed by atoms with E-state index < -0.39 is 76.9 Å². The van der Waals surface area contributed by atoms with Crippen LogP contribution in [0.1, 0.15) is 53.9 Å². The standard InChI is InChI=1S/C29H25Cl2FN6O5S.C29H24ClF3N6O5S/c1-43-28(41)23-21(34-25(26-33-6-9-44-26)35-24(23)18-4-3-16(32)11-19(18)30)14-36-7-8-37-17(12-36)13-38(29(37)42)22-5-2-15(27(39)40)10-20(22)31;1-44-28(42)21-19(35-25(26-34-6-9-45-26)36-24(21)16-3-2-14(31)10-18(16)30)13-37-7-8-38-15(11-37)12-39(29(38)43)20-5-4-17(27(40)41)22(32)23(20)33/h2-6,9-11,17,24H,7-8,12-14H2,1H3,(H,34,35)(H,39,40);2-6,9-10,15,24H,7-8,11-13H2,1H3,(H,35,36)(H,40,41)/t17-,24-;15-,24-/m00/s1. The van der Waals surface area contributed by atoms with Crippen LogP contribution >= 0.6 is 57.5 Å². The highest BCUT2D eigenvalue weighted by Gasteiger charge is 2.46. The molecular weight excluding hydrogens is 1270 g/mol. The van der Waals surface area contributed by atoms with Gasteiger partial charge in [0.2, 0.25) is 0 Å². The molecule has 4 N–H and O–H groups in total. The van der Waals surface area contributed by atoms with Crippen LogP contribution in [0.4, 0.5) is 38.5 Å². The summed E-state index contributed by atoms with van der Waals surface area (Å²) in [5.74, 6) is -7.23. The molecule has 0 saturated carbocycles. The molecule has 89 heavy (non-hydrogen) atoms. The molecule has 12 rings (SSSR count). The fraction of sp³-hybridized carbons (Fsp3) is 0.276. The number of thiazole rings is 2. The maximum absolute atomic E-state index is 14.9. The van der Waals surface area contributed by atoms with Gasteiger partial charge in [-0.25, -0.2) is 56.3 Å². The highest BCUT2D eigenvalue weighted by Crippen LogP contribution is 2.40. The van der Waals surface area contributed by atoms with Crippen molar-refractivity contribution < 1.29 is 66.0 Å². The van der Waals surface area contributed by atoms with Gasteiger partial charge >= 0.3 is 35.9 Å². The highest BCUT2D eigenvalue weighted by molar-refractivity contribution is 7.12. The van der Waals surface area contributed by atoms with E-state index in [1.165, 1.54) is 79.4 Å². The van der Waals surface area contributed by atoms with Crippen LogP contribution < -0.4 is 20.4 Å². The fourth-order valence-electron chi connectivity index (χ4n) is 11.4. The van der Waals surface area contributed by atoms with Gasteiger partial charge in [0.05, 0.1) is 65.0 Å². The highest BCUT2D eigenvalue weighted by atomic mass is 35.5. The predicted octanol–water partition coefficient (Wildman–Crippen LogP) is 8.49. The first-order valence-electron chi connectivity index (χ1n) is 27.1. The Morgan fingerprint density at radius 1 is 0.596 bits per heavy atom.